The zero-order valence-electron chi connectivity index (χ0n) is 9.57. The Morgan fingerprint density at radius 2 is 2.25 bits per heavy atom. The molecule has 16 heavy (non-hydrogen) atoms. The van der Waals surface area contributed by atoms with Gasteiger partial charge < -0.3 is 9.84 Å². The zero-order chi connectivity index (χ0) is 12.0. The molecule has 90 valence electrons. The van der Waals surface area contributed by atoms with E-state index in [4.69, 9.17) is 4.74 Å². The van der Waals surface area contributed by atoms with Gasteiger partial charge in [0.25, 0.3) is 0 Å². The van der Waals surface area contributed by atoms with Crippen molar-refractivity contribution in [3.63, 3.8) is 0 Å². The number of aliphatic hydroxyl groups excluding tert-OH is 1. The van der Waals surface area contributed by atoms with Crippen LogP contribution in [0.25, 0.3) is 0 Å². The molecule has 0 spiro atoms. The van der Waals surface area contributed by atoms with E-state index < -0.39 is 6.10 Å². The lowest BCUT2D eigenvalue weighted by atomic mass is 10.1. The maximum atomic E-state index is 9.60. The smallest absolute Gasteiger partial charge is 0.126 e. The summed E-state index contributed by atoms with van der Waals surface area (Å²) in [7, 11) is 0. The second-order valence-corrected chi connectivity index (χ2v) is 5.45. The maximum Gasteiger partial charge on any atom is 0.126 e. The number of ether oxygens (including phenoxy) is 1. The van der Waals surface area contributed by atoms with E-state index in [-0.39, 0.29) is 0 Å². The monoisotopic (exact) mass is 304 g/mol. The minimum Gasteiger partial charge on any atom is -0.493 e. The first-order valence-corrected chi connectivity index (χ1v) is 7.43. The molecule has 0 aliphatic carbocycles. The lowest BCUT2D eigenvalue weighted by Gasteiger charge is -2.13. The number of aliphatic hydroxyl groups is 1. The largest absolute Gasteiger partial charge is 0.493 e. The topological polar surface area (TPSA) is 29.5 Å². The van der Waals surface area contributed by atoms with Gasteiger partial charge in [0.05, 0.1) is 12.7 Å². The van der Waals surface area contributed by atoms with E-state index in [1.54, 1.807) is 6.92 Å². The van der Waals surface area contributed by atoms with Gasteiger partial charge in [-0.1, -0.05) is 22.0 Å². The summed E-state index contributed by atoms with van der Waals surface area (Å²) >= 11 is 5.21. The van der Waals surface area contributed by atoms with Crippen LogP contribution in [0.3, 0.4) is 0 Å². The summed E-state index contributed by atoms with van der Waals surface area (Å²) < 4.78 is 6.65. The minimum absolute atomic E-state index is 0.497. The number of benzene rings is 1. The lowest BCUT2D eigenvalue weighted by Crippen LogP contribution is -2.03. The number of hydrogen-bond donors (Lipinski definition) is 1. The van der Waals surface area contributed by atoms with E-state index in [1.807, 2.05) is 30.0 Å². The molecule has 0 saturated heterocycles. The molecule has 0 saturated carbocycles. The first-order valence-electron chi connectivity index (χ1n) is 5.24. The highest BCUT2D eigenvalue weighted by molar-refractivity contribution is 9.10. The Kier molecular flexibility index (Phi) is 6.24. The number of rotatable bonds is 6. The second kappa shape index (κ2) is 7.20. The van der Waals surface area contributed by atoms with Crippen LogP contribution in [-0.2, 0) is 0 Å². The molecule has 1 N–H and O–H groups in total. The van der Waals surface area contributed by atoms with Crippen LogP contribution in [0.1, 0.15) is 25.0 Å². The van der Waals surface area contributed by atoms with Crippen LogP contribution in [-0.4, -0.2) is 23.7 Å². The van der Waals surface area contributed by atoms with Crippen molar-refractivity contribution in [3.8, 4) is 5.75 Å². The Morgan fingerprint density at radius 1 is 1.50 bits per heavy atom. The SMILES string of the molecule is CSCCCOc1cc(Br)ccc1[C@H](C)O. The van der Waals surface area contributed by atoms with E-state index in [1.165, 1.54) is 0 Å². The number of halogens is 1. The molecule has 1 aromatic carbocycles. The van der Waals surface area contributed by atoms with Crippen molar-refractivity contribution in [2.24, 2.45) is 0 Å². The van der Waals surface area contributed by atoms with Crippen LogP contribution < -0.4 is 4.74 Å². The van der Waals surface area contributed by atoms with Crippen LogP contribution in [0.4, 0.5) is 0 Å². The van der Waals surface area contributed by atoms with Crippen LogP contribution in [0, 0.1) is 0 Å². The molecule has 0 amide bonds. The summed E-state index contributed by atoms with van der Waals surface area (Å²) in [4.78, 5) is 0. The van der Waals surface area contributed by atoms with Crippen molar-refractivity contribution in [2.75, 3.05) is 18.6 Å². The van der Waals surface area contributed by atoms with Crippen LogP contribution in [0.5, 0.6) is 5.75 Å². The molecule has 2 nitrogen and oxygen atoms in total. The number of thioether (sulfide) groups is 1. The van der Waals surface area contributed by atoms with E-state index in [2.05, 4.69) is 22.2 Å². The molecule has 0 heterocycles. The maximum absolute atomic E-state index is 9.60. The molecule has 4 heteroatoms. The predicted octanol–water partition coefficient (Wildman–Crippen LogP) is 3.63. The van der Waals surface area contributed by atoms with Crippen LogP contribution in [0.15, 0.2) is 22.7 Å². The van der Waals surface area contributed by atoms with Crippen molar-refractivity contribution in [1.82, 2.24) is 0 Å². The Balaban J connectivity index is 2.65. The second-order valence-electron chi connectivity index (χ2n) is 3.55. The summed E-state index contributed by atoms with van der Waals surface area (Å²) in [6.07, 6.45) is 2.61. The summed E-state index contributed by atoms with van der Waals surface area (Å²) in [6, 6.07) is 5.70. The van der Waals surface area contributed by atoms with E-state index in [0.29, 0.717) is 6.61 Å². The molecule has 0 aliphatic rings. The Labute approximate surface area is 110 Å². The third kappa shape index (κ3) is 4.36. The molecule has 1 aromatic rings. The average molecular weight is 305 g/mol. The summed E-state index contributed by atoms with van der Waals surface area (Å²) in [6.45, 7) is 2.44. The lowest BCUT2D eigenvalue weighted by molar-refractivity contribution is 0.191. The van der Waals surface area contributed by atoms with E-state index in [0.717, 1.165) is 28.0 Å². The normalized spacial score (nSPS) is 12.5. The van der Waals surface area contributed by atoms with Gasteiger partial charge in [0.15, 0.2) is 0 Å². The fourth-order valence-electron chi connectivity index (χ4n) is 1.36. The third-order valence-electron chi connectivity index (χ3n) is 2.18. The van der Waals surface area contributed by atoms with Gasteiger partial charge in [-0.2, -0.15) is 11.8 Å². The van der Waals surface area contributed by atoms with Gasteiger partial charge in [-0.05, 0) is 37.5 Å². The highest BCUT2D eigenvalue weighted by atomic mass is 79.9. The van der Waals surface area contributed by atoms with Gasteiger partial charge in [-0.3, -0.25) is 0 Å². The molecule has 1 rings (SSSR count). The molecule has 1 atom stereocenters. The van der Waals surface area contributed by atoms with Gasteiger partial charge in [0, 0.05) is 10.0 Å². The molecule has 0 aromatic heterocycles. The Bertz CT molecular complexity index is 329. The van der Waals surface area contributed by atoms with Gasteiger partial charge in [0.2, 0.25) is 0 Å². The van der Waals surface area contributed by atoms with Crippen LogP contribution in [0.2, 0.25) is 0 Å². The Hall–Kier alpha value is -0.190. The molecular formula is C12H17BrO2S. The van der Waals surface area contributed by atoms with Gasteiger partial charge in [-0.15, -0.1) is 0 Å². The summed E-state index contributed by atoms with van der Waals surface area (Å²) in [5.41, 5.74) is 0.840. The quantitative estimate of drug-likeness (QED) is 0.814. The first-order chi connectivity index (χ1) is 7.65. The minimum atomic E-state index is -0.497. The fraction of sp³-hybridized carbons (Fsp3) is 0.500. The van der Waals surface area contributed by atoms with Crippen molar-refractivity contribution in [1.29, 1.82) is 0 Å². The molecule has 0 unspecified atom stereocenters. The number of hydrogen-bond acceptors (Lipinski definition) is 3. The standard InChI is InChI=1S/C12H17BrO2S/c1-9(14)11-5-4-10(13)8-12(11)15-6-3-7-16-2/h4-5,8-9,14H,3,6-7H2,1-2H3/t9-/m0/s1. The summed E-state index contributed by atoms with van der Waals surface area (Å²) in [5.74, 6) is 1.86. The van der Waals surface area contributed by atoms with E-state index in [9.17, 15) is 5.11 Å². The third-order valence-corrected chi connectivity index (χ3v) is 3.37. The predicted molar refractivity (Wildman–Crippen MR) is 73.3 cm³/mol. The first kappa shape index (κ1) is 13.9. The zero-order valence-corrected chi connectivity index (χ0v) is 12.0. The molecule has 0 radical (unpaired) electrons. The van der Waals surface area contributed by atoms with Crippen molar-refractivity contribution in [3.05, 3.63) is 28.2 Å². The molecule has 0 bridgehead atoms. The van der Waals surface area contributed by atoms with Gasteiger partial charge in [0.1, 0.15) is 5.75 Å². The van der Waals surface area contributed by atoms with Crippen molar-refractivity contribution in [2.45, 2.75) is 19.4 Å². The van der Waals surface area contributed by atoms with Crippen molar-refractivity contribution < 1.29 is 9.84 Å². The van der Waals surface area contributed by atoms with Crippen molar-refractivity contribution >= 4 is 27.7 Å². The summed E-state index contributed by atoms with van der Waals surface area (Å²) in [5, 5.41) is 9.60. The van der Waals surface area contributed by atoms with Gasteiger partial charge in [-0.25, -0.2) is 0 Å². The average Bonchev–Trinajstić information content (AvgIpc) is 2.24. The fourth-order valence-corrected chi connectivity index (χ4v) is 2.11. The molecule has 0 aliphatic heterocycles. The highest BCUT2D eigenvalue weighted by Gasteiger charge is 2.09. The molecular weight excluding hydrogens is 288 g/mol. The van der Waals surface area contributed by atoms with Gasteiger partial charge >= 0.3 is 0 Å². The van der Waals surface area contributed by atoms with Crippen LogP contribution >= 0.6 is 27.7 Å². The molecule has 0 fully saturated rings. The highest BCUT2D eigenvalue weighted by Crippen LogP contribution is 2.28. The van der Waals surface area contributed by atoms with E-state index >= 15 is 0 Å². The Morgan fingerprint density at radius 3 is 2.88 bits per heavy atom.